The van der Waals surface area contributed by atoms with Crippen LogP contribution < -0.4 is 0 Å². The Kier molecular flexibility index (Phi) is 5.18. The van der Waals surface area contributed by atoms with Crippen molar-refractivity contribution in [3.05, 3.63) is 22.4 Å². The van der Waals surface area contributed by atoms with E-state index in [2.05, 4.69) is 29.3 Å². The summed E-state index contributed by atoms with van der Waals surface area (Å²) in [5.41, 5.74) is -0.642. The Hall–Kier alpha value is -0.910. The maximum absolute atomic E-state index is 11.7. The normalized spacial score (nSPS) is 19.9. The van der Waals surface area contributed by atoms with E-state index >= 15 is 0 Å². The van der Waals surface area contributed by atoms with Crippen LogP contribution in [0, 0.1) is 5.41 Å². The number of hydrogen-bond acceptors (Lipinski definition) is 4. The summed E-state index contributed by atoms with van der Waals surface area (Å²) >= 11 is 1.76. The number of carboxylic acid groups (broad SMARTS) is 1. The summed E-state index contributed by atoms with van der Waals surface area (Å²) in [5.74, 6) is -0.684. The lowest BCUT2D eigenvalue weighted by Gasteiger charge is -2.38. The summed E-state index contributed by atoms with van der Waals surface area (Å²) in [4.78, 5) is 15.2. The minimum absolute atomic E-state index is 0.340. The molecule has 1 aliphatic heterocycles. The van der Waals surface area contributed by atoms with Crippen molar-refractivity contribution in [2.75, 3.05) is 26.8 Å². The van der Waals surface area contributed by atoms with E-state index < -0.39 is 11.4 Å². The molecule has 0 amide bonds. The molecule has 20 heavy (non-hydrogen) atoms. The molecule has 1 aliphatic rings. The molecule has 0 radical (unpaired) electrons. The van der Waals surface area contributed by atoms with Crippen molar-refractivity contribution >= 4 is 17.3 Å². The van der Waals surface area contributed by atoms with E-state index in [1.165, 1.54) is 4.88 Å². The number of hydrogen-bond donors (Lipinski definition) is 1. The quantitative estimate of drug-likeness (QED) is 0.876. The summed E-state index contributed by atoms with van der Waals surface area (Å²) in [6, 6.07) is 4.54. The molecule has 0 bridgehead atoms. The molecule has 0 aliphatic carbocycles. The van der Waals surface area contributed by atoms with E-state index in [4.69, 9.17) is 4.74 Å². The van der Waals surface area contributed by atoms with Gasteiger partial charge in [0.2, 0.25) is 0 Å². The molecule has 1 aromatic rings. The fraction of sp³-hybridized carbons (Fsp3) is 0.667. The van der Waals surface area contributed by atoms with Gasteiger partial charge in [-0.25, -0.2) is 0 Å². The van der Waals surface area contributed by atoms with Crippen molar-refractivity contribution in [3.8, 4) is 0 Å². The Morgan fingerprint density at radius 2 is 2.25 bits per heavy atom. The zero-order valence-electron chi connectivity index (χ0n) is 12.2. The highest BCUT2D eigenvalue weighted by Crippen LogP contribution is 2.32. The van der Waals surface area contributed by atoms with E-state index in [0.717, 1.165) is 6.42 Å². The monoisotopic (exact) mass is 297 g/mol. The van der Waals surface area contributed by atoms with Crippen molar-refractivity contribution in [2.24, 2.45) is 5.41 Å². The zero-order chi connectivity index (χ0) is 14.6. The first-order valence-electron chi connectivity index (χ1n) is 7.07. The molecule has 1 fully saturated rings. The van der Waals surface area contributed by atoms with Gasteiger partial charge in [-0.05, 0) is 44.7 Å². The highest BCUT2D eigenvalue weighted by molar-refractivity contribution is 7.09. The van der Waals surface area contributed by atoms with Crippen molar-refractivity contribution < 1.29 is 14.6 Å². The summed E-state index contributed by atoms with van der Waals surface area (Å²) in [6.07, 6.45) is 2.19. The van der Waals surface area contributed by atoms with Crippen LogP contribution in [0.15, 0.2) is 17.5 Å². The van der Waals surface area contributed by atoms with Crippen LogP contribution in [0.1, 0.15) is 24.6 Å². The molecule has 4 nitrogen and oxygen atoms in total. The highest BCUT2D eigenvalue weighted by Gasteiger charge is 2.41. The van der Waals surface area contributed by atoms with E-state index in [9.17, 15) is 9.90 Å². The zero-order valence-corrected chi connectivity index (χ0v) is 13.0. The van der Waals surface area contributed by atoms with Gasteiger partial charge >= 0.3 is 5.97 Å². The average Bonchev–Trinajstić information content (AvgIpc) is 2.92. The van der Waals surface area contributed by atoms with Gasteiger partial charge in [-0.2, -0.15) is 0 Å². The van der Waals surface area contributed by atoms with Crippen LogP contribution in [0.2, 0.25) is 0 Å². The van der Waals surface area contributed by atoms with Crippen molar-refractivity contribution in [3.63, 3.8) is 0 Å². The van der Waals surface area contributed by atoms with Crippen LogP contribution >= 0.6 is 11.3 Å². The van der Waals surface area contributed by atoms with Crippen molar-refractivity contribution in [1.82, 2.24) is 4.90 Å². The number of aliphatic carboxylic acids is 1. The van der Waals surface area contributed by atoms with Gasteiger partial charge in [-0.3, -0.25) is 4.79 Å². The summed E-state index contributed by atoms with van der Waals surface area (Å²) in [7, 11) is 2.03. The summed E-state index contributed by atoms with van der Waals surface area (Å²) < 4.78 is 5.32. The number of thiophene rings is 1. The van der Waals surface area contributed by atoms with Gasteiger partial charge in [0.25, 0.3) is 0 Å². The molecule has 1 saturated heterocycles. The van der Waals surface area contributed by atoms with Crippen LogP contribution in [0.5, 0.6) is 0 Å². The first-order chi connectivity index (χ1) is 9.53. The van der Waals surface area contributed by atoms with Gasteiger partial charge < -0.3 is 14.7 Å². The van der Waals surface area contributed by atoms with Crippen LogP contribution in [0.4, 0.5) is 0 Å². The van der Waals surface area contributed by atoms with Crippen LogP contribution in [-0.2, 0) is 16.0 Å². The third-order valence-corrected chi connectivity index (χ3v) is 5.18. The number of ether oxygens (including phenoxy) is 1. The Morgan fingerprint density at radius 1 is 1.55 bits per heavy atom. The maximum atomic E-state index is 11.7. The predicted octanol–water partition coefficient (Wildman–Crippen LogP) is 2.49. The smallest absolute Gasteiger partial charge is 0.311 e. The molecular weight excluding hydrogens is 274 g/mol. The third-order valence-electron chi connectivity index (χ3n) is 4.28. The average molecular weight is 297 g/mol. The Morgan fingerprint density at radius 3 is 2.80 bits per heavy atom. The second-order valence-corrected chi connectivity index (χ2v) is 6.78. The largest absolute Gasteiger partial charge is 0.481 e. The van der Waals surface area contributed by atoms with Gasteiger partial charge in [0.1, 0.15) is 0 Å². The second kappa shape index (κ2) is 6.70. The number of nitrogens with zero attached hydrogens (tertiary/aromatic N) is 1. The number of carbonyl (C=O) groups is 1. The summed E-state index contributed by atoms with van der Waals surface area (Å²) in [5, 5.41) is 11.7. The molecule has 2 heterocycles. The Labute approximate surface area is 124 Å². The minimum Gasteiger partial charge on any atom is -0.481 e. The number of carboxylic acids is 1. The van der Waals surface area contributed by atoms with E-state index in [1.807, 2.05) is 7.05 Å². The summed E-state index contributed by atoms with van der Waals surface area (Å²) in [6.45, 7) is 3.87. The van der Waals surface area contributed by atoms with Gasteiger partial charge in [0.05, 0.1) is 5.41 Å². The molecule has 0 aromatic carbocycles. The Bertz CT molecular complexity index is 426. The lowest BCUT2D eigenvalue weighted by atomic mass is 9.79. The second-order valence-electron chi connectivity index (χ2n) is 5.75. The van der Waals surface area contributed by atoms with Crippen LogP contribution in [-0.4, -0.2) is 48.8 Å². The van der Waals surface area contributed by atoms with Gasteiger partial charge in [0, 0.05) is 30.7 Å². The van der Waals surface area contributed by atoms with Crippen molar-refractivity contribution in [2.45, 2.75) is 32.2 Å². The van der Waals surface area contributed by atoms with Crippen LogP contribution in [0.3, 0.4) is 0 Å². The standard InChI is InChI=1S/C15H23NO3S/c1-12(10-13-4-3-9-20-13)16(2)11-15(14(17)18)5-7-19-8-6-15/h3-4,9,12H,5-8,10-11H2,1-2H3,(H,17,18). The fourth-order valence-corrected chi connectivity index (χ4v) is 3.54. The van der Waals surface area contributed by atoms with E-state index in [1.54, 1.807) is 11.3 Å². The Balaban J connectivity index is 1.97. The van der Waals surface area contributed by atoms with E-state index in [-0.39, 0.29) is 0 Å². The fourth-order valence-electron chi connectivity index (χ4n) is 2.71. The topological polar surface area (TPSA) is 49.8 Å². The highest BCUT2D eigenvalue weighted by atomic mass is 32.1. The maximum Gasteiger partial charge on any atom is 0.311 e. The SMILES string of the molecule is CC(Cc1cccs1)N(C)CC1(C(=O)O)CCOCC1. The molecule has 5 heteroatoms. The molecule has 0 spiro atoms. The minimum atomic E-state index is -0.684. The lowest BCUT2D eigenvalue weighted by molar-refractivity contribution is -0.156. The molecule has 0 saturated carbocycles. The van der Waals surface area contributed by atoms with Crippen molar-refractivity contribution in [1.29, 1.82) is 0 Å². The van der Waals surface area contributed by atoms with E-state index in [0.29, 0.717) is 38.6 Å². The van der Waals surface area contributed by atoms with Gasteiger partial charge in [0.15, 0.2) is 0 Å². The predicted molar refractivity (Wildman–Crippen MR) is 80.2 cm³/mol. The first kappa shape index (κ1) is 15.5. The molecular formula is C15H23NO3S. The third kappa shape index (κ3) is 3.59. The molecule has 112 valence electrons. The lowest BCUT2D eigenvalue weighted by Crippen LogP contribution is -2.48. The van der Waals surface area contributed by atoms with Crippen LogP contribution in [0.25, 0.3) is 0 Å². The molecule has 1 aromatic heterocycles. The molecule has 2 rings (SSSR count). The molecule has 1 unspecified atom stereocenters. The van der Waals surface area contributed by atoms with Gasteiger partial charge in [-0.15, -0.1) is 11.3 Å². The first-order valence-corrected chi connectivity index (χ1v) is 7.95. The number of likely N-dealkylation sites (N-methyl/N-ethyl adjacent to an activating group) is 1. The number of rotatable bonds is 6. The molecule has 1 N–H and O–H groups in total. The van der Waals surface area contributed by atoms with Gasteiger partial charge in [-0.1, -0.05) is 6.07 Å². The molecule has 1 atom stereocenters.